The average Bonchev–Trinajstić information content (AvgIpc) is 3.01. The predicted molar refractivity (Wildman–Crippen MR) is 103 cm³/mol. The van der Waals surface area contributed by atoms with Crippen LogP contribution in [-0.4, -0.2) is 7.11 Å². The highest BCUT2D eigenvalue weighted by molar-refractivity contribution is 9.10. The van der Waals surface area contributed by atoms with Crippen molar-refractivity contribution in [2.75, 3.05) is 7.11 Å². The average molecular weight is 396 g/mol. The van der Waals surface area contributed by atoms with E-state index in [4.69, 9.17) is 9.15 Å². The third-order valence-electron chi connectivity index (χ3n) is 4.14. The predicted octanol–water partition coefficient (Wildman–Crippen LogP) is 6.01. The fourth-order valence-corrected chi connectivity index (χ4v) is 3.21. The summed E-state index contributed by atoms with van der Waals surface area (Å²) >= 11 is 3.47. The fourth-order valence-electron chi connectivity index (χ4n) is 2.94. The molecule has 0 radical (unpaired) electrons. The molecule has 0 aliphatic rings. The Morgan fingerprint density at radius 2 is 1.68 bits per heavy atom. The third-order valence-corrected chi connectivity index (χ3v) is 4.67. The number of hydrogen-bond acceptors (Lipinski definition) is 3. The van der Waals surface area contributed by atoms with Gasteiger partial charge in [-0.3, -0.25) is 0 Å². The Morgan fingerprint density at radius 3 is 2.24 bits per heavy atom. The molecular weight excluding hydrogens is 378 g/mol. The lowest BCUT2D eigenvalue weighted by molar-refractivity contribution is 0.415. The van der Waals surface area contributed by atoms with E-state index in [1.165, 1.54) is 0 Å². The molecule has 4 heteroatoms. The standard InChI is InChI=1S/C21H18BrNO2/c1-3-19-20(14-4-8-16(22)9-5-14)18(12-13-23)21(25-19)15-6-10-17(24-2)11-7-15/h4-11H,3,12H2,1-2H3. The van der Waals surface area contributed by atoms with E-state index in [2.05, 4.69) is 28.9 Å². The summed E-state index contributed by atoms with van der Waals surface area (Å²) in [6, 6.07) is 18.1. The van der Waals surface area contributed by atoms with Gasteiger partial charge in [0.15, 0.2) is 0 Å². The number of nitriles is 1. The van der Waals surface area contributed by atoms with Crippen LogP contribution >= 0.6 is 15.9 Å². The number of nitrogens with zero attached hydrogens (tertiary/aromatic N) is 1. The molecule has 0 fully saturated rings. The summed E-state index contributed by atoms with van der Waals surface area (Å²) in [4.78, 5) is 0. The van der Waals surface area contributed by atoms with Crippen LogP contribution < -0.4 is 4.74 Å². The van der Waals surface area contributed by atoms with Gasteiger partial charge in [-0.15, -0.1) is 0 Å². The zero-order valence-electron chi connectivity index (χ0n) is 14.2. The molecule has 3 nitrogen and oxygen atoms in total. The van der Waals surface area contributed by atoms with E-state index in [9.17, 15) is 5.26 Å². The third kappa shape index (κ3) is 3.47. The van der Waals surface area contributed by atoms with Gasteiger partial charge in [0, 0.05) is 27.6 Å². The van der Waals surface area contributed by atoms with Gasteiger partial charge in [0.25, 0.3) is 0 Å². The van der Waals surface area contributed by atoms with E-state index in [-0.39, 0.29) is 0 Å². The molecule has 126 valence electrons. The van der Waals surface area contributed by atoms with Crippen LogP contribution in [0.25, 0.3) is 22.5 Å². The first kappa shape index (κ1) is 17.3. The lowest BCUT2D eigenvalue weighted by Gasteiger charge is -2.05. The van der Waals surface area contributed by atoms with Crippen LogP contribution in [0.1, 0.15) is 18.2 Å². The molecule has 0 atom stereocenters. The second kappa shape index (κ2) is 7.58. The van der Waals surface area contributed by atoms with Gasteiger partial charge in [-0.2, -0.15) is 5.26 Å². The quantitative estimate of drug-likeness (QED) is 0.530. The number of rotatable bonds is 5. The highest BCUT2D eigenvalue weighted by atomic mass is 79.9. The molecule has 0 aliphatic heterocycles. The van der Waals surface area contributed by atoms with E-state index >= 15 is 0 Å². The molecule has 2 aromatic carbocycles. The summed E-state index contributed by atoms with van der Waals surface area (Å²) in [6.07, 6.45) is 1.07. The van der Waals surface area contributed by atoms with E-state index in [0.717, 1.165) is 50.4 Å². The smallest absolute Gasteiger partial charge is 0.139 e. The number of benzene rings is 2. The molecule has 1 aromatic heterocycles. The summed E-state index contributed by atoms with van der Waals surface area (Å²) in [7, 11) is 1.64. The summed E-state index contributed by atoms with van der Waals surface area (Å²) in [5.74, 6) is 2.46. The molecule has 0 spiro atoms. The number of aryl methyl sites for hydroxylation is 1. The SMILES string of the molecule is CCc1oc(-c2ccc(OC)cc2)c(CC#N)c1-c1ccc(Br)cc1. The Hall–Kier alpha value is -2.51. The van der Waals surface area contributed by atoms with Crippen LogP contribution in [0.5, 0.6) is 5.75 Å². The molecular formula is C21H18BrNO2. The molecule has 1 heterocycles. The van der Waals surface area contributed by atoms with Crippen molar-refractivity contribution < 1.29 is 9.15 Å². The topological polar surface area (TPSA) is 46.2 Å². The lowest BCUT2D eigenvalue weighted by Crippen LogP contribution is -1.90. The van der Waals surface area contributed by atoms with Crippen molar-refractivity contribution in [1.29, 1.82) is 5.26 Å². The second-order valence-corrected chi connectivity index (χ2v) is 6.55. The molecule has 3 rings (SSSR count). The highest BCUT2D eigenvalue weighted by Crippen LogP contribution is 2.39. The summed E-state index contributed by atoms with van der Waals surface area (Å²) < 4.78 is 12.4. The minimum atomic E-state index is 0.302. The number of methoxy groups -OCH3 is 1. The van der Waals surface area contributed by atoms with Crippen molar-refractivity contribution in [3.8, 4) is 34.3 Å². The summed E-state index contributed by atoms with van der Waals surface area (Å²) in [5, 5.41) is 9.35. The first-order valence-electron chi connectivity index (χ1n) is 8.09. The Morgan fingerprint density at radius 1 is 1.04 bits per heavy atom. The monoisotopic (exact) mass is 395 g/mol. The van der Waals surface area contributed by atoms with Crippen molar-refractivity contribution in [1.82, 2.24) is 0 Å². The van der Waals surface area contributed by atoms with E-state index in [1.807, 2.05) is 48.5 Å². The van der Waals surface area contributed by atoms with Crippen molar-refractivity contribution in [2.24, 2.45) is 0 Å². The molecule has 0 unspecified atom stereocenters. The molecule has 0 saturated carbocycles. The normalized spacial score (nSPS) is 10.5. The van der Waals surface area contributed by atoms with Crippen molar-refractivity contribution in [3.05, 3.63) is 64.3 Å². The summed E-state index contributed by atoms with van der Waals surface area (Å²) in [6.45, 7) is 2.06. The van der Waals surface area contributed by atoms with Crippen molar-refractivity contribution in [2.45, 2.75) is 19.8 Å². The number of ether oxygens (including phenoxy) is 1. The van der Waals surface area contributed by atoms with Crippen LogP contribution in [0.2, 0.25) is 0 Å². The van der Waals surface area contributed by atoms with Crippen molar-refractivity contribution >= 4 is 15.9 Å². The van der Waals surface area contributed by atoms with Crippen LogP contribution in [0, 0.1) is 11.3 Å². The molecule has 3 aromatic rings. The van der Waals surface area contributed by atoms with Gasteiger partial charge in [0.2, 0.25) is 0 Å². The van der Waals surface area contributed by atoms with Gasteiger partial charge in [-0.05, 0) is 42.0 Å². The molecule has 0 aliphatic carbocycles. The number of hydrogen-bond donors (Lipinski definition) is 0. The van der Waals surface area contributed by atoms with Gasteiger partial charge in [0.1, 0.15) is 17.3 Å². The Labute approximate surface area is 156 Å². The first-order valence-corrected chi connectivity index (χ1v) is 8.89. The summed E-state index contributed by atoms with van der Waals surface area (Å²) in [5.41, 5.74) is 3.98. The fraction of sp³-hybridized carbons (Fsp3) is 0.190. The second-order valence-electron chi connectivity index (χ2n) is 5.63. The maximum Gasteiger partial charge on any atom is 0.139 e. The Bertz CT molecular complexity index is 903. The van der Waals surface area contributed by atoms with Gasteiger partial charge >= 0.3 is 0 Å². The minimum absolute atomic E-state index is 0.302. The minimum Gasteiger partial charge on any atom is -0.497 e. The number of halogens is 1. The molecule has 0 N–H and O–H groups in total. The largest absolute Gasteiger partial charge is 0.497 e. The molecule has 25 heavy (non-hydrogen) atoms. The zero-order valence-corrected chi connectivity index (χ0v) is 15.8. The van der Waals surface area contributed by atoms with Crippen LogP contribution in [0.3, 0.4) is 0 Å². The molecule has 0 saturated heterocycles. The maximum atomic E-state index is 9.35. The van der Waals surface area contributed by atoms with E-state index < -0.39 is 0 Å². The highest BCUT2D eigenvalue weighted by Gasteiger charge is 2.21. The Balaban J connectivity index is 2.19. The van der Waals surface area contributed by atoms with Gasteiger partial charge in [-0.25, -0.2) is 0 Å². The van der Waals surface area contributed by atoms with E-state index in [0.29, 0.717) is 6.42 Å². The van der Waals surface area contributed by atoms with Crippen LogP contribution in [-0.2, 0) is 12.8 Å². The maximum absolute atomic E-state index is 9.35. The van der Waals surface area contributed by atoms with Crippen LogP contribution in [0.4, 0.5) is 0 Å². The first-order chi connectivity index (χ1) is 12.2. The van der Waals surface area contributed by atoms with Gasteiger partial charge < -0.3 is 9.15 Å². The van der Waals surface area contributed by atoms with Gasteiger partial charge in [-0.1, -0.05) is 35.0 Å². The van der Waals surface area contributed by atoms with Crippen LogP contribution in [0.15, 0.2) is 57.4 Å². The van der Waals surface area contributed by atoms with Crippen molar-refractivity contribution in [3.63, 3.8) is 0 Å². The van der Waals surface area contributed by atoms with Gasteiger partial charge in [0.05, 0.1) is 19.6 Å². The molecule has 0 bridgehead atoms. The number of furan rings is 1. The Kier molecular flexibility index (Phi) is 5.25. The molecule has 0 amide bonds. The lowest BCUT2D eigenvalue weighted by atomic mass is 9.95. The van der Waals surface area contributed by atoms with E-state index in [1.54, 1.807) is 7.11 Å². The zero-order chi connectivity index (χ0) is 17.8.